The van der Waals surface area contributed by atoms with Crippen LogP contribution in [-0.4, -0.2) is 58.6 Å². The number of hydrogen-bond donors (Lipinski definition) is 2. The predicted octanol–water partition coefficient (Wildman–Crippen LogP) is 1.18. The van der Waals surface area contributed by atoms with Crippen molar-refractivity contribution in [2.45, 2.75) is 31.6 Å². The van der Waals surface area contributed by atoms with Crippen molar-refractivity contribution in [1.82, 2.24) is 19.9 Å². The fraction of sp³-hybridized carbons (Fsp3) is 0.526. The van der Waals surface area contributed by atoms with E-state index in [0.29, 0.717) is 22.3 Å². The third-order valence-corrected chi connectivity index (χ3v) is 5.21. The zero-order valence-electron chi connectivity index (χ0n) is 15.0. The van der Waals surface area contributed by atoms with Crippen LogP contribution >= 0.6 is 0 Å². The van der Waals surface area contributed by atoms with Gasteiger partial charge in [-0.3, -0.25) is 9.69 Å². The van der Waals surface area contributed by atoms with Crippen molar-refractivity contribution in [3.05, 3.63) is 23.3 Å². The molecule has 2 aromatic rings. The van der Waals surface area contributed by atoms with Gasteiger partial charge in [-0.2, -0.15) is 0 Å². The van der Waals surface area contributed by atoms with E-state index in [9.17, 15) is 4.79 Å². The van der Waals surface area contributed by atoms with Crippen molar-refractivity contribution >= 4 is 16.9 Å². The second-order valence-electron chi connectivity index (χ2n) is 7.26. The van der Waals surface area contributed by atoms with E-state index in [4.69, 9.17) is 10.5 Å². The molecule has 0 aromatic carbocycles. The monoisotopic (exact) mass is 353 g/mol. The molecule has 136 valence electrons. The zero-order chi connectivity index (χ0) is 18.1. The predicted molar refractivity (Wildman–Crippen MR) is 97.7 cm³/mol. The molecule has 0 spiro atoms. The molecule has 7 heteroatoms. The van der Waals surface area contributed by atoms with Gasteiger partial charge in [0.15, 0.2) is 0 Å². The number of nitrogens with two attached hydrogens (primary N) is 1. The third kappa shape index (κ3) is 3.30. The number of aromatic amines is 1. The normalized spacial score (nSPS) is 19.1. The molecule has 1 saturated carbocycles. The number of carbonyl (C=O) groups excluding carboxylic acids is 1. The summed E-state index contributed by atoms with van der Waals surface area (Å²) in [5, 5.41) is 0.642. The third-order valence-electron chi connectivity index (χ3n) is 5.21. The van der Waals surface area contributed by atoms with Gasteiger partial charge >= 0.3 is 0 Å². The summed E-state index contributed by atoms with van der Waals surface area (Å²) in [5.41, 5.74) is 7.19. The Balaban J connectivity index is 1.56. The SMILES string of the molecule is CC1(c2ncc3c(C(N)=O)c(C#CCCN4CCOCC4)[nH]c3n2)CC1. The quantitative estimate of drug-likeness (QED) is 0.805. The fourth-order valence-electron chi connectivity index (χ4n) is 3.22. The maximum absolute atomic E-state index is 11.9. The number of nitrogens with zero attached hydrogens (tertiary/aromatic N) is 3. The fourth-order valence-corrected chi connectivity index (χ4v) is 3.22. The van der Waals surface area contributed by atoms with Crippen molar-refractivity contribution in [3.8, 4) is 11.8 Å². The van der Waals surface area contributed by atoms with Crippen LogP contribution in [-0.2, 0) is 10.2 Å². The van der Waals surface area contributed by atoms with Gasteiger partial charge in [0, 0.05) is 37.7 Å². The molecule has 0 atom stereocenters. The Labute approximate surface area is 152 Å². The number of morpholine rings is 1. The van der Waals surface area contributed by atoms with Gasteiger partial charge in [0.05, 0.1) is 24.2 Å². The molecule has 4 rings (SSSR count). The van der Waals surface area contributed by atoms with Crippen LogP contribution in [0.4, 0.5) is 0 Å². The molecule has 2 fully saturated rings. The van der Waals surface area contributed by atoms with Gasteiger partial charge in [-0.05, 0) is 18.8 Å². The molecule has 26 heavy (non-hydrogen) atoms. The summed E-state index contributed by atoms with van der Waals surface area (Å²) in [4.78, 5) is 26.5. The molecule has 2 aliphatic rings. The van der Waals surface area contributed by atoms with Gasteiger partial charge in [0.2, 0.25) is 0 Å². The molecule has 1 aliphatic heterocycles. The number of aromatic nitrogens is 3. The summed E-state index contributed by atoms with van der Waals surface area (Å²) in [6.45, 7) is 6.49. The lowest BCUT2D eigenvalue weighted by Crippen LogP contribution is -2.36. The Morgan fingerprint density at radius 2 is 2.19 bits per heavy atom. The van der Waals surface area contributed by atoms with E-state index < -0.39 is 5.91 Å². The molecule has 0 bridgehead atoms. The van der Waals surface area contributed by atoms with Crippen molar-refractivity contribution in [2.75, 3.05) is 32.8 Å². The Bertz CT molecular complexity index is 898. The minimum atomic E-state index is -0.511. The number of primary amides is 1. The highest BCUT2D eigenvalue weighted by Gasteiger charge is 2.42. The number of carbonyl (C=O) groups is 1. The van der Waals surface area contributed by atoms with Crippen LogP contribution in [0.3, 0.4) is 0 Å². The molecule has 3 N–H and O–H groups in total. The maximum Gasteiger partial charge on any atom is 0.252 e. The molecular formula is C19H23N5O2. The second kappa shape index (κ2) is 6.71. The number of fused-ring (bicyclic) bond motifs is 1. The first-order chi connectivity index (χ1) is 12.6. The van der Waals surface area contributed by atoms with Gasteiger partial charge in [-0.25, -0.2) is 9.97 Å². The molecule has 2 aromatic heterocycles. The number of hydrogen-bond acceptors (Lipinski definition) is 5. The van der Waals surface area contributed by atoms with E-state index in [2.05, 4.69) is 38.6 Å². The Morgan fingerprint density at radius 3 is 2.88 bits per heavy atom. The van der Waals surface area contributed by atoms with E-state index in [1.165, 1.54) is 0 Å². The van der Waals surface area contributed by atoms with Crippen LogP contribution in [0.15, 0.2) is 6.20 Å². The van der Waals surface area contributed by atoms with Crippen LogP contribution in [0.1, 0.15) is 48.1 Å². The number of ether oxygens (including phenoxy) is 1. The Hall–Kier alpha value is -2.43. The van der Waals surface area contributed by atoms with Crippen LogP contribution < -0.4 is 5.73 Å². The number of nitrogens with one attached hydrogen (secondary N) is 1. The molecule has 0 radical (unpaired) electrons. The summed E-state index contributed by atoms with van der Waals surface area (Å²) in [6.07, 6.45) is 4.60. The Morgan fingerprint density at radius 1 is 1.42 bits per heavy atom. The van der Waals surface area contributed by atoms with Crippen LogP contribution in [0.25, 0.3) is 11.0 Å². The average molecular weight is 353 g/mol. The highest BCUT2D eigenvalue weighted by molar-refractivity contribution is 6.07. The summed E-state index contributed by atoms with van der Waals surface area (Å²) in [6, 6.07) is 0. The Kier molecular flexibility index (Phi) is 4.39. The van der Waals surface area contributed by atoms with Crippen LogP contribution in [0.2, 0.25) is 0 Å². The lowest BCUT2D eigenvalue weighted by molar-refractivity contribution is 0.0390. The molecule has 1 saturated heterocycles. The van der Waals surface area contributed by atoms with E-state index in [1.54, 1.807) is 6.20 Å². The van der Waals surface area contributed by atoms with E-state index in [0.717, 1.165) is 57.9 Å². The number of rotatable bonds is 4. The second-order valence-corrected chi connectivity index (χ2v) is 7.26. The molecule has 7 nitrogen and oxygen atoms in total. The summed E-state index contributed by atoms with van der Waals surface area (Å²) in [5.74, 6) is 6.51. The minimum Gasteiger partial charge on any atom is -0.379 e. The van der Waals surface area contributed by atoms with Crippen molar-refractivity contribution in [1.29, 1.82) is 0 Å². The molecule has 0 unspecified atom stereocenters. The minimum absolute atomic E-state index is 0.0657. The lowest BCUT2D eigenvalue weighted by Gasteiger charge is -2.25. The smallest absolute Gasteiger partial charge is 0.252 e. The van der Waals surface area contributed by atoms with Crippen molar-refractivity contribution in [2.24, 2.45) is 5.73 Å². The topological polar surface area (TPSA) is 97.1 Å². The summed E-state index contributed by atoms with van der Waals surface area (Å²) in [7, 11) is 0. The molecular weight excluding hydrogens is 330 g/mol. The first-order valence-corrected chi connectivity index (χ1v) is 9.05. The summed E-state index contributed by atoms with van der Waals surface area (Å²) >= 11 is 0. The van der Waals surface area contributed by atoms with Crippen molar-refractivity contribution < 1.29 is 9.53 Å². The molecule has 1 amide bonds. The number of H-pyrrole nitrogens is 1. The first kappa shape index (κ1) is 17.0. The van der Waals surface area contributed by atoms with Gasteiger partial charge in [0.25, 0.3) is 5.91 Å². The standard InChI is InChI=1S/C19H23N5O2/c1-19(5-6-19)18-21-12-13-15(16(20)25)14(22-17(13)23-18)4-2-3-7-24-8-10-26-11-9-24/h12H,3,5-11H2,1H3,(H2,20,25)(H,21,22,23). The van der Waals surface area contributed by atoms with E-state index in [-0.39, 0.29) is 5.41 Å². The van der Waals surface area contributed by atoms with Gasteiger partial charge in [-0.15, -0.1) is 0 Å². The first-order valence-electron chi connectivity index (χ1n) is 9.05. The lowest BCUT2D eigenvalue weighted by atomic mass is 10.1. The largest absolute Gasteiger partial charge is 0.379 e. The highest BCUT2D eigenvalue weighted by Crippen LogP contribution is 2.46. The van der Waals surface area contributed by atoms with Gasteiger partial charge in [0.1, 0.15) is 17.2 Å². The summed E-state index contributed by atoms with van der Waals surface area (Å²) < 4.78 is 5.34. The van der Waals surface area contributed by atoms with Gasteiger partial charge < -0.3 is 15.5 Å². The highest BCUT2D eigenvalue weighted by atomic mass is 16.5. The van der Waals surface area contributed by atoms with Crippen LogP contribution in [0.5, 0.6) is 0 Å². The average Bonchev–Trinajstić information content (AvgIpc) is 3.28. The number of amides is 1. The molecule has 3 heterocycles. The molecule has 1 aliphatic carbocycles. The van der Waals surface area contributed by atoms with Crippen molar-refractivity contribution in [3.63, 3.8) is 0 Å². The maximum atomic E-state index is 11.9. The van der Waals surface area contributed by atoms with Crippen LogP contribution in [0, 0.1) is 11.8 Å². The van der Waals surface area contributed by atoms with E-state index >= 15 is 0 Å². The zero-order valence-corrected chi connectivity index (χ0v) is 15.0. The van der Waals surface area contributed by atoms with E-state index in [1.807, 2.05) is 0 Å². The van der Waals surface area contributed by atoms with Gasteiger partial charge in [-0.1, -0.05) is 12.8 Å².